The van der Waals surface area contributed by atoms with Crippen LogP contribution < -0.4 is 24.4 Å². The van der Waals surface area contributed by atoms with Crippen molar-refractivity contribution in [3.63, 3.8) is 0 Å². The highest BCUT2D eigenvalue weighted by Crippen LogP contribution is 2.31. The first kappa shape index (κ1) is 21.5. The zero-order valence-corrected chi connectivity index (χ0v) is 18.6. The van der Waals surface area contributed by atoms with E-state index in [1.807, 2.05) is 24.4 Å². The van der Waals surface area contributed by atoms with Crippen molar-refractivity contribution in [2.24, 2.45) is 0 Å². The summed E-state index contributed by atoms with van der Waals surface area (Å²) in [5.41, 5.74) is 2.83. The molecule has 1 fully saturated rings. The predicted molar refractivity (Wildman–Crippen MR) is 122 cm³/mol. The van der Waals surface area contributed by atoms with E-state index in [-0.39, 0.29) is 4.90 Å². The zero-order valence-electron chi connectivity index (χ0n) is 17.8. The molecule has 0 unspecified atom stereocenters. The van der Waals surface area contributed by atoms with Gasteiger partial charge in [0, 0.05) is 49.8 Å². The highest BCUT2D eigenvalue weighted by Gasteiger charge is 2.20. The molecule has 1 saturated heterocycles. The van der Waals surface area contributed by atoms with Crippen LogP contribution in [-0.2, 0) is 16.4 Å². The van der Waals surface area contributed by atoms with Crippen molar-refractivity contribution in [3.05, 3.63) is 48.2 Å². The van der Waals surface area contributed by atoms with Crippen molar-refractivity contribution in [1.82, 2.24) is 15.0 Å². The Morgan fingerprint density at radius 1 is 1.06 bits per heavy atom. The van der Waals surface area contributed by atoms with Crippen molar-refractivity contribution in [1.29, 1.82) is 0 Å². The van der Waals surface area contributed by atoms with E-state index in [0.717, 1.165) is 54.1 Å². The summed E-state index contributed by atoms with van der Waals surface area (Å²) in [7, 11) is -0.418. The van der Waals surface area contributed by atoms with Crippen molar-refractivity contribution >= 4 is 26.6 Å². The molecule has 1 aliphatic heterocycles. The predicted octanol–water partition coefficient (Wildman–Crippen LogP) is 2.12. The number of nitrogens with one attached hydrogen (secondary N) is 3. The number of aromatic nitrogens is 1. The van der Waals surface area contributed by atoms with Gasteiger partial charge in [0.2, 0.25) is 10.0 Å². The van der Waals surface area contributed by atoms with E-state index in [1.165, 1.54) is 0 Å². The first-order chi connectivity index (χ1) is 15.0. The Balaban J connectivity index is 1.49. The molecule has 3 N–H and O–H groups in total. The third kappa shape index (κ3) is 4.63. The van der Waals surface area contributed by atoms with E-state index in [1.54, 1.807) is 32.4 Å². The fourth-order valence-corrected chi connectivity index (χ4v) is 4.94. The first-order valence-corrected chi connectivity index (χ1v) is 11.8. The largest absolute Gasteiger partial charge is 0.497 e. The number of benzene rings is 2. The van der Waals surface area contributed by atoms with Gasteiger partial charge in [0.25, 0.3) is 0 Å². The molecule has 0 atom stereocenters. The third-order valence-corrected chi connectivity index (χ3v) is 7.04. The minimum absolute atomic E-state index is 0.238. The van der Waals surface area contributed by atoms with Gasteiger partial charge in [0.1, 0.15) is 11.5 Å². The average molecular weight is 445 g/mol. The number of anilines is 1. The van der Waals surface area contributed by atoms with E-state index >= 15 is 0 Å². The van der Waals surface area contributed by atoms with E-state index in [4.69, 9.17) is 9.47 Å². The summed E-state index contributed by atoms with van der Waals surface area (Å²) >= 11 is 0. The van der Waals surface area contributed by atoms with Crippen LogP contribution in [0.1, 0.15) is 5.56 Å². The van der Waals surface area contributed by atoms with Crippen molar-refractivity contribution in [2.45, 2.75) is 11.3 Å². The van der Waals surface area contributed by atoms with Gasteiger partial charge in [-0.2, -0.15) is 0 Å². The van der Waals surface area contributed by atoms with Crippen molar-refractivity contribution in [2.75, 3.05) is 51.8 Å². The molecule has 0 aliphatic carbocycles. The van der Waals surface area contributed by atoms with Crippen LogP contribution in [0.15, 0.2) is 47.5 Å². The Labute approximate surface area is 182 Å². The normalized spacial score (nSPS) is 14.7. The van der Waals surface area contributed by atoms with E-state index < -0.39 is 10.0 Å². The number of hydrogen-bond acceptors (Lipinski definition) is 6. The lowest BCUT2D eigenvalue weighted by Crippen LogP contribution is -2.43. The summed E-state index contributed by atoms with van der Waals surface area (Å²) < 4.78 is 39.4. The summed E-state index contributed by atoms with van der Waals surface area (Å²) in [6.07, 6.45) is 2.47. The number of aromatic amines is 1. The van der Waals surface area contributed by atoms with Crippen LogP contribution >= 0.6 is 0 Å². The second-order valence-corrected chi connectivity index (χ2v) is 9.21. The number of fused-ring (bicyclic) bond motifs is 1. The van der Waals surface area contributed by atoms with Crippen molar-refractivity contribution < 1.29 is 17.9 Å². The Morgan fingerprint density at radius 3 is 2.61 bits per heavy atom. The van der Waals surface area contributed by atoms with E-state index in [0.29, 0.717) is 18.7 Å². The minimum Gasteiger partial charge on any atom is -0.497 e. The molecule has 2 heterocycles. The Hall–Kier alpha value is -2.75. The zero-order chi connectivity index (χ0) is 21.8. The smallest absolute Gasteiger partial charge is 0.240 e. The Kier molecular flexibility index (Phi) is 6.35. The lowest BCUT2D eigenvalue weighted by molar-refractivity contribution is 0.412. The summed E-state index contributed by atoms with van der Waals surface area (Å²) in [6, 6.07) is 10.8. The van der Waals surface area contributed by atoms with Gasteiger partial charge in [0.05, 0.1) is 24.8 Å². The van der Waals surface area contributed by atoms with Gasteiger partial charge in [-0.3, -0.25) is 0 Å². The minimum atomic E-state index is -3.65. The van der Waals surface area contributed by atoms with E-state index in [2.05, 4.69) is 19.9 Å². The molecule has 0 saturated carbocycles. The van der Waals surface area contributed by atoms with Crippen LogP contribution in [0.5, 0.6) is 11.5 Å². The molecular weight excluding hydrogens is 416 g/mol. The molecule has 166 valence electrons. The van der Waals surface area contributed by atoms with Crippen LogP contribution in [0.3, 0.4) is 0 Å². The topological polar surface area (TPSA) is 95.7 Å². The maximum absolute atomic E-state index is 12.9. The standard InChI is InChI=1S/C22H28N4O4S/c1-29-17-3-5-20-19(13-17)16(15-24-20)7-8-25-31(27,28)18-4-6-22(30-2)21(14-18)26-11-9-23-10-12-26/h3-6,13-15,23-25H,7-12H2,1-2H3. The molecule has 4 rings (SSSR count). The molecule has 3 aromatic rings. The van der Waals surface area contributed by atoms with Crippen LogP contribution in [0.2, 0.25) is 0 Å². The number of nitrogens with zero attached hydrogens (tertiary/aromatic N) is 1. The highest BCUT2D eigenvalue weighted by molar-refractivity contribution is 7.89. The average Bonchev–Trinajstić information content (AvgIpc) is 3.21. The SMILES string of the molecule is COc1ccc2[nH]cc(CCNS(=O)(=O)c3ccc(OC)c(N4CCNCC4)c3)c2c1. The Bertz CT molecular complexity index is 1150. The van der Waals surface area contributed by atoms with Crippen LogP contribution in [0.25, 0.3) is 10.9 Å². The summed E-state index contributed by atoms with van der Waals surface area (Å²) in [5, 5.41) is 4.34. The lowest BCUT2D eigenvalue weighted by Gasteiger charge is -2.30. The van der Waals surface area contributed by atoms with Crippen LogP contribution in [0.4, 0.5) is 5.69 Å². The van der Waals surface area contributed by atoms with Crippen LogP contribution in [0, 0.1) is 0 Å². The molecule has 1 aliphatic rings. The second kappa shape index (κ2) is 9.17. The molecule has 1 aromatic heterocycles. The summed E-state index contributed by atoms with van der Waals surface area (Å²) in [4.78, 5) is 5.60. The second-order valence-electron chi connectivity index (χ2n) is 7.44. The number of piperazine rings is 1. The van der Waals surface area contributed by atoms with Crippen molar-refractivity contribution in [3.8, 4) is 11.5 Å². The summed E-state index contributed by atoms with van der Waals surface area (Å²) in [6.45, 7) is 3.61. The molecular formula is C22H28N4O4S. The number of ether oxygens (including phenoxy) is 2. The van der Waals surface area contributed by atoms with Gasteiger partial charge in [-0.05, 0) is 48.4 Å². The molecule has 8 nitrogen and oxygen atoms in total. The molecule has 0 spiro atoms. The summed E-state index contributed by atoms with van der Waals surface area (Å²) in [5.74, 6) is 1.45. The van der Waals surface area contributed by atoms with Gasteiger partial charge in [-0.15, -0.1) is 0 Å². The highest BCUT2D eigenvalue weighted by atomic mass is 32.2. The number of H-pyrrole nitrogens is 1. The van der Waals surface area contributed by atoms with Crippen LogP contribution in [-0.4, -0.2) is 60.3 Å². The fraction of sp³-hybridized carbons (Fsp3) is 0.364. The molecule has 31 heavy (non-hydrogen) atoms. The van der Waals surface area contributed by atoms with Gasteiger partial charge < -0.3 is 24.7 Å². The maximum Gasteiger partial charge on any atom is 0.240 e. The fourth-order valence-electron chi connectivity index (χ4n) is 3.88. The number of hydrogen-bond donors (Lipinski definition) is 3. The molecule has 9 heteroatoms. The molecule has 2 aromatic carbocycles. The van der Waals surface area contributed by atoms with Gasteiger partial charge >= 0.3 is 0 Å². The number of sulfonamides is 1. The maximum atomic E-state index is 12.9. The molecule has 0 radical (unpaired) electrons. The lowest BCUT2D eigenvalue weighted by atomic mass is 10.1. The molecule has 0 bridgehead atoms. The Morgan fingerprint density at radius 2 is 1.87 bits per heavy atom. The van der Waals surface area contributed by atoms with Gasteiger partial charge in [-0.25, -0.2) is 13.1 Å². The number of rotatable bonds is 8. The quantitative estimate of drug-likeness (QED) is 0.493. The van der Waals surface area contributed by atoms with E-state index in [9.17, 15) is 8.42 Å². The number of methoxy groups -OCH3 is 2. The first-order valence-electron chi connectivity index (χ1n) is 10.3. The van der Waals surface area contributed by atoms with Gasteiger partial charge in [-0.1, -0.05) is 0 Å². The van der Waals surface area contributed by atoms with Gasteiger partial charge in [0.15, 0.2) is 0 Å². The molecule has 0 amide bonds. The third-order valence-electron chi connectivity index (χ3n) is 5.58. The monoisotopic (exact) mass is 444 g/mol.